The fourth-order valence-electron chi connectivity index (χ4n) is 2.73. The van der Waals surface area contributed by atoms with Gasteiger partial charge in [-0.3, -0.25) is 9.69 Å². The predicted octanol–water partition coefficient (Wildman–Crippen LogP) is 2.20. The topological polar surface area (TPSA) is 70.7 Å². The molecule has 1 heterocycles. The van der Waals surface area contributed by atoms with Gasteiger partial charge in [-0.1, -0.05) is 12.1 Å². The highest BCUT2D eigenvalue weighted by Gasteiger charge is 2.21. The molecule has 1 saturated heterocycles. The van der Waals surface area contributed by atoms with Crippen LogP contribution in [0, 0.1) is 0 Å². The minimum absolute atomic E-state index is 0.100. The SMILES string of the molecule is COc1ccc(CCNC(=O)c2ccc(N3CCNC3=O)cc2)cc1. The van der Waals surface area contributed by atoms with Gasteiger partial charge in [-0.05, 0) is 48.4 Å². The minimum Gasteiger partial charge on any atom is -0.497 e. The summed E-state index contributed by atoms with van der Waals surface area (Å²) < 4.78 is 5.12. The summed E-state index contributed by atoms with van der Waals surface area (Å²) in [6.07, 6.45) is 0.752. The fraction of sp³-hybridized carbons (Fsp3) is 0.263. The molecular formula is C19H21N3O3. The van der Waals surface area contributed by atoms with Crippen LogP contribution in [-0.4, -0.2) is 38.7 Å². The summed E-state index contributed by atoms with van der Waals surface area (Å²) in [5, 5.41) is 5.67. The van der Waals surface area contributed by atoms with Crippen molar-refractivity contribution in [2.75, 3.05) is 31.6 Å². The molecule has 0 unspecified atom stereocenters. The summed E-state index contributed by atoms with van der Waals surface area (Å²) in [6.45, 7) is 1.85. The second-order valence-electron chi connectivity index (χ2n) is 5.78. The maximum atomic E-state index is 12.2. The Bertz CT molecular complexity index is 742. The molecule has 1 aliphatic rings. The molecule has 3 rings (SSSR count). The van der Waals surface area contributed by atoms with Gasteiger partial charge >= 0.3 is 6.03 Å². The second-order valence-corrected chi connectivity index (χ2v) is 5.78. The number of benzene rings is 2. The maximum Gasteiger partial charge on any atom is 0.321 e. The van der Waals surface area contributed by atoms with Gasteiger partial charge in [-0.2, -0.15) is 0 Å². The number of anilines is 1. The number of methoxy groups -OCH3 is 1. The number of rotatable bonds is 6. The van der Waals surface area contributed by atoms with E-state index >= 15 is 0 Å². The van der Waals surface area contributed by atoms with E-state index in [0.717, 1.165) is 23.4 Å². The molecule has 1 aliphatic heterocycles. The quantitative estimate of drug-likeness (QED) is 0.848. The van der Waals surface area contributed by atoms with Crippen molar-refractivity contribution < 1.29 is 14.3 Å². The summed E-state index contributed by atoms with van der Waals surface area (Å²) >= 11 is 0. The van der Waals surface area contributed by atoms with Crippen molar-refractivity contribution in [3.63, 3.8) is 0 Å². The monoisotopic (exact) mass is 339 g/mol. The Kier molecular flexibility index (Phi) is 5.18. The van der Waals surface area contributed by atoms with Crippen LogP contribution in [0.1, 0.15) is 15.9 Å². The van der Waals surface area contributed by atoms with Gasteiger partial charge in [-0.25, -0.2) is 4.79 Å². The molecule has 2 aromatic rings. The molecule has 1 fully saturated rings. The van der Waals surface area contributed by atoms with Crippen molar-refractivity contribution in [2.24, 2.45) is 0 Å². The number of nitrogens with zero attached hydrogens (tertiary/aromatic N) is 1. The van der Waals surface area contributed by atoms with Crippen molar-refractivity contribution in [2.45, 2.75) is 6.42 Å². The average molecular weight is 339 g/mol. The van der Waals surface area contributed by atoms with Crippen LogP contribution in [0.25, 0.3) is 0 Å². The first-order valence-corrected chi connectivity index (χ1v) is 8.24. The molecule has 0 radical (unpaired) electrons. The van der Waals surface area contributed by atoms with Crippen molar-refractivity contribution in [3.8, 4) is 5.75 Å². The normalized spacial score (nSPS) is 13.5. The van der Waals surface area contributed by atoms with Gasteiger partial charge in [0.1, 0.15) is 5.75 Å². The van der Waals surface area contributed by atoms with Gasteiger partial charge in [0.05, 0.1) is 7.11 Å². The molecule has 0 bridgehead atoms. The van der Waals surface area contributed by atoms with E-state index in [4.69, 9.17) is 4.74 Å². The van der Waals surface area contributed by atoms with E-state index < -0.39 is 0 Å². The summed E-state index contributed by atoms with van der Waals surface area (Å²) in [5.74, 6) is 0.700. The van der Waals surface area contributed by atoms with Crippen LogP contribution in [0.5, 0.6) is 5.75 Å². The lowest BCUT2D eigenvalue weighted by atomic mass is 10.1. The molecule has 0 spiro atoms. The first-order chi connectivity index (χ1) is 12.2. The van der Waals surface area contributed by atoms with E-state index in [0.29, 0.717) is 25.2 Å². The molecule has 0 aliphatic carbocycles. The summed E-state index contributed by atoms with van der Waals surface area (Å²) in [5.41, 5.74) is 2.51. The molecule has 25 heavy (non-hydrogen) atoms. The minimum atomic E-state index is -0.120. The Labute approximate surface area is 146 Å². The van der Waals surface area contributed by atoms with Crippen LogP contribution in [0.4, 0.5) is 10.5 Å². The molecule has 130 valence electrons. The highest BCUT2D eigenvalue weighted by Crippen LogP contribution is 2.17. The highest BCUT2D eigenvalue weighted by atomic mass is 16.5. The smallest absolute Gasteiger partial charge is 0.321 e. The van der Waals surface area contributed by atoms with E-state index in [9.17, 15) is 9.59 Å². The van der Waals surface area contributed by atoms with Crippen molar-refractivity contribution in [1.82, 2.24) is 10.6 Å². The van der Waals surface area contributed by atoms with Crippen LogP contribution in [0.3, 0.4) is 0 Å². The predicted molar refractivity (Wildman–Crippen MR) is 96.2 cm³/mol. The number of hydrogen-bond donors (Lipinski definition) is 2. The van der Waals surface area contributed by atoms with Crippen molar-refractivity contribution in [3.05, 3.63) is 59.7 Å². The molecule has 2 aromatic carbocycles. The van der Waals surface area contributed by atoms with Crippen LogP contribution >= 0.6 is 0 Å². The number of amides is 3. The van der Waals surface area contributed by atoms with Crippen molar-refractivity contribution >= 4 is 17.6 Å². The molecule has 3 amide bonds. The number of nitrogens with one attached hydrogen (secondary N) is 2. The third-order valence-electron chi connectivity index (χ3n) is 4.16. The molecule has 6 heteroatoms. The summed E-state index contributed by atoms with van der Waals surface area (Å²) in [7, 11) is 1.64. The van der Waals surface area contributed by atoms with Crippen molar-refractivity contribution in [1.29, 1.82) is 0 Å². The number of urea groups is 1. The Balaban J connectivity index is 1.51. The average Bonchev–Trinajstić information content (AvgIpc) is 3.08. The Hall–Kier alpha value is -3.02. The molecule has 2 N–H and O–H groups in total. The van der Waals surface area contributed by atoms with Gasteiger partial charge in [0, 0.05) is 30.9 Å². The second kappa shape index (κ2) is 7.70. The van der Waals surface area contributed by atoms with Crippen LogP contribution in [0.15, 0.2) is 48.5 Å². The van der Waals surface area contributed by atoms with E-state index in [2.05, 4.69) is 10.6 Å². The van der Waals surface area contributed by atoms with E-state index in [1.807, 2.05) is 24.3 Å². The standard InChI is InChI=1S/C19H21N3O3/c1-25-17-8-2-14(3-9-17)10-11-20-18(23)15-4-6-16(7-5-15)22-13-12-21-19(22)24/h2-9H,10-13H2,1H3,(H,20,23)(H,21,24). The van der Waals surface area contributed by atoms with Crippen LogP contribution in [0.2, 0.25) is 0 Å². The lowest BCUT2D eigenvalue weighted by molar-refractivity contribution is 0.0954. The number of carbonyl (C=O) groups is 2. The Morgan fingerprint density at radius 3 is 2.48 bits per heavy atom. The molecule has 0 atom stereocenters. The third-order valence-corrected chi connectivity index (χ3v) is 4.16. The lowest BCUT2D eigenvalue weighted by Gasteiger charge is -2.14. The molecular weight excluding hydrogens is 318 g/mol. The zero-order valence-corrected chi connectivity index (χ0v) is 14.1. The first-order valence-electron chi connectivity index (χ1n) is 8.24. The zero-order chi connectivity index (χ0) is 17.6. The van der Waals surface area contributed by atoms with Gasteiger partial charge in [0.15, 0.2) is 0 Å². The fourth-order valence-corrected chi connectivity index (χ4v) is 2.73. The Morgan fingerprint density at radius 1 is 1.16 bits per heavy atom. The van der Waals surface area contributed by atoms with Crippen LogP contribution < -0.4 is 20.3 Å². The zero-order valence-electron chi connectivity index (χ0n) is 14.1. The summed E-state index contributed by atoms with van der Waals surface area (Å²) in [6, 6.07) is 14.8. The summed E-state index contributed by atoms with van der Waals surface area (Å²) in [4.78, 5) is 25.5. The van der Waals surface area contributed by atoms with Crippen LogP contribution in [-0.2, 0) is 6.42 Å². The third kappa shape index (κ3) is 4.09. The largest absolute Gasteiger partial charge is 0.497 e. The van der Waals surface area contributed by atoms with Gasteiger partial charge in [-0.15, -0.1) is 0 Å². The Morgan fingerprint density at radius 2 is 1.88 bits per heavy atom. The maximum absolute atomic E-state index is 12.2. The number of hydrogen-bond acceptors (Lipinski definition) is 3. The first kappa shape index (κ1) is 16.8. The molecule has 0 saturated carbocycles. The van der Waals surface area contributed by atoms with E-state index in [-0.39, 0.29) is 11.9 Å². The molecule has 6 nitrogen and oxygen atoms in total. The van der Waals surface area contributed by atoms with Gasteiger partial charge < -0.3 is 15.4 Å². The lowest BCUT2D eigenvalue weighted by Crippen LogP contribution is -2.28. The van der Waals surface area contributed by atoms with E-state index in [1.54, 1.807) is 36.3 Å². The number of carbonyl (C=O) groups excluding carboxylic acids is 2. The highest BCUT2D eigenvalue weighted by molar-refractivity contribution is 5.97. The molecule has 0 aromatic heterocycles. The van der Waals surface area contributed by atoms with E-state index in [1.165, 1.54) is 0 Å². The van der Waals surface area contributed by atoms with Gasteiger partial charge in [0.25, 0.3) is 5.91 Å². The van der Waals surface area contributed by atoms with Gasteiger partial charge in [0.2, 0.25) is 0 Å². The number of ether oxygens (including phenoxy) is 1.